The fourth-order valence-corrected chi connectivity index (χ4v) is 4.38. The maximum Gasteiger partial charge on any atom is 0.416 e. The molecule has 0 saturated heterocycles. The number of anilines is 1. The number of urea groups is 1. The van der Waals surface area contributed by atoms with Crippen LogP contribution in [0.4, 0.5) is 28.4 Å². The molecule has 0 aromatic heterocycles. The van der Waals surface area contributed by atoms with E-state index in [1.165, 1.54) is 30.1 Å². The van der Waals surface area contributed by atoms with Gasteiger partial charge in [0.05, 0.1) is 18.7 Å². The van der Waals surface area contributed by atoms with Crippen molar-refractivity contribution < 1.29 is 32.3 Å². The zero-order valence-electron chi connectivity index (χ0n) is 23.2. The van der Waals surface area contributed by atoms with Gasteiger partial charge in [0.15, 0.2) is 0 Å². The summed E-state index contributed by atoms with van der Waals surface area (Å²) in [5.74, 6) is -0.461. The molecule has 1 aliphatic rings. The van der Waals surface area contributed by atoms with E-state index in [0.29, 0.717) is 19.5 Å². The molecular formula is C28H36F3N5O4. The Morgan fingerprint density at radius 2 is 1.77 bits per heavy atom. The number of hydrogen-bond donors (Lipinski definition) is 3. The first-order chi connectivity index (χ1) is 18.8. The van der Waals surface area contributed by atoms with E-state index in [4.69, 9.17) is 4.74 Å². The van der Waals surface area contributed by atoms with Gasteiger partial charge in [0.1, 0.15) is 6.61 Å². The molecule has 3 N–H and O–H groups in total. The summed E-state index contributed by atoms with van der Waals surface area (Å²) in [6, 6.07) is 10.5. The summed E-state index contributed by atoms with van der Waals surface area (Å²) in [7, 11) is 1.38. The van der Waals surface area contributed by atoms with Crippen molar-refractivity contribution in [3.63, 3.8) is 0 Å². The average Bonchev–Trinajstić information content (AvgIpc) is 2.89. The Bertz CT molecular complexity index is 1210. The summed E-state index contributed by atoms with van der Waals surface area (Å²) in [4.78, 5) is 40.3. The highest BCUT2D eigenvalue weighted by Crippen LogP contribution is 2.32. The van der Waals surface area contributed by atoms with Gasteiger partial charge < -0.3 is 30.5 Å². The molecule has 0 radical (unpaired) electrons. The minimum atomic E-state index is -4.58. The Kier molecular flexibility index (Phi) is 9.88. The van der Waals surface area contributed by atoms with Crippen LogP contribution in [0.15, 0.2) is 42.5 Å². The molecule has 2 aromatic carbocycles. The lowest BCUT2D eigenvalue weighted by molar-refractivity contribution is -0.139. The number of amides is 4. The molecule has 0 unspecified atom stereocenters. The van der Waals surface area contributed by atoms with E-state index in [0.717, 1.165) is 22.9 Å². The number of halogens is 3. The van der Waals surface area contributed by atoms with Gasteiger partial charge in [-0.25, -0.2) is 9.59 Å². The quantitative estimate of drug-likeness (QED) is 0.443. The van der Waals surface area contributed by atoms with Crippen LogP contribution in [0.5, 0.6) is 0 Å². The van der Waals surface area contributed by atoms with E-state index in [-0.39, 0.29) is 43.4 Å². The zero-order chi connectivity index (χ0) is 29.5. The fraction of sp³-hybridized carbons (Fsp3) is 0.464. The number of rotatable bonds is 8. The summed E-state index contributed by atoms with van der Waals surface area (Å²) in [5, 5.41) is 8.38. The van der Waals surface area contributed by atoms with Gasteiger partial charge in [0.2, 0.25) is 5.91 Å². The lowest BCUT2D eigenvalue weighted by atomic mass is 9.97. The monoisotopic (exact) mass is 563 g/mol. The van der Waals surface area contributed by atoms with Crippen LogP contribution in [0.1, 0.15) is 43.0 Å². The van der Waals surface area contributed by atoms with Crippen molar-refractivity contribution in [1.82, 2.24) is 20.4 Å². The molecule has 0 saturated carbocycles. The van der Waals surface area contributed by atoms with Crippen LogP contribution >= 0.6 is 0 Å². The van der Waals surface area contributed by atoms with Crippen molar-refractivity contribution in [1.29, 1.82) is 0 Å². The van der Waals surface area contributed by atoms with Crippen molar-refractivity contribution in [3.05, 3.63) is 64.7 Å². The number of ether oxygens (including phenoxy) is 1. The maximum absolute atomic E-state index is 13.6. The molecule has 0 aliphatic carbocycles. The molecule has 218 valence electrons. The first-order valence-electron chi connectivity index (χ1n) is 13.0. The fourth-order valence-electron chi connectivity index (χ4n) is 4.38. The number of alkyl carbamates (subject to hydrolysis) is 1. The van der Waals surface area contributed by atoms with Crippen LogP contribution < -0.4 is 16.0 Å². The van der Waals surface area contributed by atoms with Crippen LogP contribution in [-0.4, -0.2) is 66.7 Å². The van der Waals surface area contributed by atoms with E-state index in [2.05, 4.69) is 16.0 Å². The number of carbonyl (C=O) groups excluding carboxylic acids is 3. The largest absolute Gasteiger partial charge is 0.448 e. The third-order valence-electron chi connectivity index (χ3n) is 6.30. The van der Waals surface area contributed by atoms with Crippen LogP contribution in [-0.2, 0) is 35.2 Å². The van der Waals surface area contributed by atoms with E-state index < -0.39 is 23.7 Å². The normalized spacial score (nSPS) is 13.2. The SMILES string of the molecule is CNC(=O)OCCN(Cc1ccccc1C(F)(F)F)C(=O)CNc1cccc2c1CCN(C(=O)NC(C)(C)C)C2. The zero-order valence-corrected chi connectivity index (χ0v) is 23.2. The maximum atomic E-state index is 13.6. The molecule has 3 rings (SSSR count). The second kappa shape index (κ2) is 12.9. The highest BCUT2D eigenvalue weighted by molar-refractivity contribution is 5.81. The Morgan fingerprint density at radius 1 is 1.05 bits per heavy atom. The third-order valence-corrected chi connectivity index (χ3v) is 6.30. The second-order valence-electron chi connectivity index (χ2n) is 10.5. The predicted octanol–water partition coefficient (Wildman–Crippen LogP) is 4.37. The summed E-state index contributed by atoms with van der Waals surface area (Å²) in [6.45, 7) is 5.89. The molecule has 12 heteroatoms. The van der Waals surface area contributed by atoms with Crippen molar-refractivity contribution in [3.8, 4) is 0 Å². The Morgan fingerprint density at radius 3 is 2.45 bits per heavy atom. The molecule has 2 aromatic rings. The minimum Gasteiger partial charge on any atom is -0.448 e. The molecule has 0 spiro atoms. The van der Waals surface area contributed by atoms with Gasteiger partial charge in [-0.15, -0.1) is 0 Å². The molecule has 1 heterocycles. The van der Waals surface area contributed by atoms with Crippen LogP contribution in [0.2, 0.25) is 0 Å². The Labute approximate surface area is 232 Å². The standard InChI is InChI=1S/C28H36F3N5O4/c1-27(2,3)34-25(38)36-13-12-21-19(17-36)9-7-11-23(21)33-16-24(37)35(14-15-40-26(39)32-4)18-20-8-5-6-10-22(20)28(29,30)31/h5-11,33H,12-18H2,1-4H3,(H,32,39)(H,34,38). The molecule has 0 fully saturated rings. The number of hydrogen-bond acceptors (Lipinski definition) is 5. The first-order valence-corrected chi connectivity index (χ1v) is 13.0. The number of carbonyl (C=O) groups is 3. The minimum absolute atomic E-state index is 0.0611. The van der Waals surface area contributed by atoms with Gasteiger partial charge in [-0.2, -0.15) is 13.2 Å². The van der Waals surface area contributed by atoms with Gasteiger partial charge in [0, 0.05) is 37.9 Å². The van der Waals surface area contributed by atoms with Crippen molar-refractivity contribution in [2.75, 3.05) is 38.6 Å². The first kappa shape index (κ1) is 30.6. The number of fused-ring (bicyclic) bond motifs is 1. The number of nitrogens with zero attached hydrogens (tertiary/aromatic N) is 2. The average molecular weight is 564 g/mol. The highest BCUT2D eigenvalue weighted by atomic mass is 19.4. The molecule has 40 heavy (non-hydrogen) atoms. The lowest BCUT2D eigenvalue weighted by Gasteiger charge is -2.33. The number of benzene rings is 2. The molecule has 9 nitrogen and oxygen atoms in total. The summed E-state index contributed by atoms with van der Waals surface area (Å²) < 4.78 is 45.7. The molecule has 0 bridgehead atoms. The summed E-state index contributed by atoms with van der Waals surface area (Å²) in [5.41, 5.74) is 1.40. The van der Waals surface area contributed by atoms with Gasteiger partial charge in [0.25, 0.3) is 0 Å². The van der Waals surface area contributed by atoms with E-state index >= 15 is 0 Å². The molecule has 4 amide bonds. The highest BCUT2D eigenvalue weighted by Gasteiger charge is 2.33. The van der Waals surface area contributed by atoms with Crippen LogP contribution in [0.25, 0.3) is 0 Å². The van der Waals surface area contributed by atoms with E-state index in [1.807, 2.05) is 39.0 Å². The Hall–Kier alpha value is -3.96. The second-order valence-corrected chi connectivity index (χ2v) is 10.5. The predicted molar refractivity (Wildman–Crippen MR) is 145 cm³/mol. The number of nitrogens with one attached hydrogen (secondary N) is 3. The van der Waals surface area contributed by atoms with Crippen molar-refractivity contribution in [2.24, 2.45) is 0 Å². The van der Waals surface area contributed by atoms with E-state index in [1.54, 1.807) is 4.90 Å². The van der Waals surface area contributed by atoms with Gasteiger partial charge in [-0.1, -0.05) is 30.3 Å². The van der Waals surface area contributed by atoms with Crippen LogP contribution in [0.3, 0.4) is 0 Å². The van der Waals surface area contributed by atoms with Crippen LogP contribution in [0, 0.1) is 0 Å². The number of alkyl halides is 3. The third kappa shape index (κ3) is 8.52. The molecular weight excluding hydrogens is 527 g/mol. The van der Waals surface area contributed by atoms with Crippen molar-refractivity contribution >= 4 is 23.7 Å². The van der Waals surface area contributed by atoms with Gasteiger partial charge in [-0.05, 0) is 56.0 Å². The van der Waals surface area contributed by atoms with Gasteiger partial charge >= 0.3 is 18.3 Å². The van der Waals surface area contributed by atoms with E-state index in [9.17, 15) is 27.6 Å². The smallest absolute Gasteiger partial charge is 0.416 e. The Balaban J connectivity index is 1.72. The van der Waals surface area contributed by atoms with Crippen molar-refractivity contribution in [2.45, 2.75) is 52.0 Å². The lowest BCUT2D eigenvalue weighted by Crippen LogP contribution is -2.49. The summed E-state index contributed by atoms with van der Waals surface area (Å²) in [6.07, 6.45) is -4.71. The summed E-state index contributed by atoms with van der Waals surface area (Å²) >= 11 is 0. The topological polar surface area (TPSA) is 103 Å². The molecule has 0 atom stereocenters. The molecule has 1 aliphatic heterocycles. The van der Waals surface area contributed by atoms with Gasteiger partial charge in [-0.3, -0.25) is 4.79 Å².